The lowest BCUT2D eigenvalue weighted by Crippen LogP contribution is -2.43. The SMILES string of the molecule is O=C(NNC(=O)c1ccc[nH]c1=O)c1nc(-c2ccccc2)n(-c2ccccc2)n1. The topological polar surface area (TPSA) is 122 Å². The van der Waals surface area contributed by atoms with Crippen molar-refractivity contribution in [3.63, 3.8) is 0 Å². The van der Waals surface area contributed by atoms with Gasteiger partial charge >= 0.3 is 5.91 Å². The Balaban J connectivity index is 1.60. The summed E-state index contributed by atoms with van der Waals surface area (Å²) < 4.78 is 1.55. The van der Waals surface area contributed by atoms with Gasteiger partial charge in [0.05, 0.1) is 5.69 Å². The molecular formula is C21H16N6O3. The van der Waals surface area contributed by atoms with E-state index in [9.17, 15) is 14.4 Å². The van der Waals surface area contributed by atoms with Gasteiger partial charge in [0.15, 0.2) is 5.82 Å². The highest BCUT2D eigenvalue weighted by Gasteiger charge is 2.19. The number of hydrogen-bond acceptors (Lipinski definition) is 5. The molecule has 0 atom stereocenters. The second kappa shape index (κ2) is 8.23. The number of nitrogens with one attached hydrogen (secondary N) is 3. The summed E-state index contributed by atoms with van der Waals surface area (Å²) in [6.45, 7) is 0. The minimum atomic E-state index is -0.754. The first-order valence-corrected chi connectivity index (χ1v) is 9.00. The molecule has 0 unspecified atom stereocenters. The third-order valence-electron chi connectivity index (χ3n) is 4.20. The third-order valence-corrected chi connectivity index (χ3v) is 4.20. The molecule has 0 saturated heterocycles. The van der Waals surface area contributed by atoms with Crippen LogP contribution in [0.5, 0.6) is 0 Å². The van der Waals surface area contributed by atoms with Gasteiger partial charge in [-0.2, -0.15) is 0 Å². The molecule has 148 valence electrons. The van der Waals surface area contributed by atoms with E-state index < -0.39 is 17.4 Å². The first-order chi connectivity index (χ1) is 14.6. The van der Waals surface area contributed by atoms with Crippen LogP contribution in [-0.4, -0.2) is 31.6 Å². The van der Waals surface area contributed by atoms with Crippen molar-refractivity contribution in [3.05, 3.63) is 101 Å². The van der Waals surface area contributed by atoms with Gasteiger partial charge < -0.3 is 4.98 Å². The monoisotopic (exact) mass is 400 g/mol. The fourth-order valence-corrected chi connectivity index (χ4v) is 2.77. The quantitative estimate of drug-likeness (QED) is 0.450. The summed E-state index contributed by atoms with van der Waals surface area (Å²) in [4.78, 5) is 43.1. The van der Waals surface area contributed by atoms with Crippen molar-refractivity contribution in [1.29, 1.82) is 0 Å². The summed E-state index contributed by atoms with van der Waals surface area (Å²) in [5.41, 5.74) is 5.23. The van der Waals surface area contributed by atoms with E-state index in [0.717, 1.165) is 11.3 Å². The average molecular weight is 400 g/mol. The standard InChI is InChI=1S/C21H16N6O3/c28-19-16(12-7-13-22-19)20(29)24-25-21(30)17-23-18(14-8-3-1-4-9-14)27(26-17)15-10-5-2-6-11-15/h1-13H,(H,22,28)(H,24,29)(H,25,30). The van der Waals surface area contributed by atoms with Gasteiger partial charge in [-0.3, -0.25) is 25.2 Å². The van der Waals surface area contributed by atoms with Gasteiger partial charge in [-0.25, -0.2) is 9.67 Å². The van der Waals surface area contributed by atoms with E-state index >= 15 is 0 Å². The summed E-state index contributed by atoms with van der Waals surface area (Å²) in [6, 6.07) is 21.4. The van der Waals surface area contributed by atoms with E-state index in [4.69, 9.17) is 0 Å². The number of hydrazine groups is 1. The van der Waals surface area contributed by atoms with Crippen molar-refractivity contribution in [2.24, 2.45) is 0 Å². The van der Waals surface area contributed by atoms with Crippen molar-refractivity contribution >= 4 is 11.8 Å². The zero-order chi connectivity index (χ0) is 20.9. The lowest BCUT2D eigenvalue weighted by atomic mass is 10.2. The van der Waals surface area contributed by atoms with Gasteiger partial charge in [-0.1, -0.05) is 48.5 Å². The second-order valence-electron chi connectivity index (χ2n) is 6.19. The minimum Gasteiger partial charge on any atom is -0.328 e. The van der Waals surface area contributed by atoms with Crippen LogP contribution in [-0.2, 0) is 0 Å². The molecule has 2 aromatic heterocycles. The Kier molecular flexibility index (Phi) is 5.16. The molecule has 0 radical (unpaired) electrons. The molecule has 0 spiro atoms. The predicted octanol–water partition coefficient (Wildman–Crippen LogP) is 1.70. The maximum atomic E-state index is 12.5. The fourth-order valence-electron chi connectivity index (χ4n) is 2.77. The smallest absolute Gasteiger partial charge is 0.309 e. The molecular weight excluding hydrogens is 384 g/mol. The highest BCUT2D eigenvalue weighted by Crippen LogP contribution is 2.20. The molecule has 2 amide bonds. The molecule has 0 aliphatic rings. The normalized spacial score (nSPS) is 10.4. The van der Waals surface area contributed by atoms with Crippen LogP contribution in [0.2, 0.25) is 0 Å². The Morgan fingerprint density at radius 3 is 2.20 bits per heavy atom. The number of amides is 2. The molecule has 30 heavy (non-hydrogen) atoms. The molecule has 9 nitrogen and oxygen atoms in total. The number of aromatic nitrogens is 4. The maximum Gasteiger partial charge on any atom is 0.309 e. The number of pyridine rings is 1. The number of benzene rings is 2. The highest BCUT2D eigenvalue weighted by atomic mass is 16.2. The van der Waals surface area contributed by atoms with Crippen molar-refractivity contribution in [1.82, 2.24) is 30.6 Å². The number of para-hydroxylation sites is 1. The van der Waals surface area contributed by atoms with Crippen LogP contribution < -0.4 is 16.4 Å². The van der Waals surface area contributed by atoms with Crippen LogP contribution in [0.1, 0.15) is 21.0 Å². The molecule has 9 heteroatoms. The summed E-state index contributed by atoms with van der Waals surface area (Å²) in [5.74, 6) is -1.14. The number of carbonyl (C=O) groups is 2. The van der Waals surface area contributed by atoms with E-state index in [2.05, 4.69) is 25.9 Å². The number of H-pyrrole nitrogens is 1. The summed E-state index contributed by atoms with van der Waals surface area (Å²) in [7, 11) is 0. The van der Waals surface area contributed by atoms with E-state index in [1.54, 1.807) is 4.68 Å². The highest BCUT2D eigenvalue weighted by molar-refractivity contribution is 5.97. The molecule has 2 heterocycles. The summed E-state index contributed by atoms with van der Waals surface area (Å²) >= 11 is 0. The molecule has 4 aromatic rings. The van der Waals surface area contributed by atoms with Crippen molar-refractivity contribution < 1.29 is 9.59 Å². The molecule has 0 bridgehead atoms. The summed E-state index contributed by atoms with van der Waals surface area (Å²) in [6.07, 6.45) is 1.41. The van der Waals surface area contributed by atoms with Gasteiger partial charge in [0, 0.05) is 11.8 Å². The Morgan fingerprint density at radius 1 is 0.833 bits per heavy atom. The van der Waals surface area contributed by atoms with E-state index in [0.29, 0.717) is 5.82 Å². The van der Waals surface area contributed by atoms with Crippen molar-refractivity contribution in [2.75, 3.05) is 0 Å². The first-order valence-electron chi connectivity index (χ1n) is 9.00. The van der Waals surface area contributed by atoms with Crippen LogP contribution in [0.4, 0.5) is 0 Å². The molecule has 2 aromatic carbocycles. The summed E-state index contributed by atoms with van der Waals surface area (Å²) in [5, 5.41) is 4.30. The van der Waals surface area contributed by atoms with Crippen LogP contribution in [0.25, 0.3) is 17.1 Å². The van der Waals surface area contributed by atoms with Gasteiger partial charge in [0.2, 0.25) is 5.82 Å². The Labute approximate surface area is 170 Å². The van der Waals surface area contributed by atoms with E-state index in [1.807, 2.05) is 60.7 Å². The van der Waals surface area contributed by atoms with E-state index in [1.165, 1.54) is 18.3 Å². The fraction of sp³-hybridized carbons (Fsp3) is 0. The van der Waals surface area contributed by atoms with Crippen LogP contribution in [0, 0.1) is 0 Å². The van der Waals surface area contributed by atoms with Crippen LogP contribution in [0.3, 0.4) is 0 Å². The minimum absolute atomic E-state index is 0.134. The third kappa shape index (κ3) is 3.85. The second-order valence-corrected chi connectivity index (χ2v) is 6.19. The van der Waals surface area contributed by atoms with Crippen molar-refractivity contribution in [2.45, 2.75) is 0 Å². The molecule has 4 rings (SSSR count). The average Bonchev–Trinajstić information content (AvgIpc) is 3.24. The Bertz CT molecular complexity index is 1190. The number of rotatable bonds is 4. The number of nitrogens with zero attached hydrogens (tertiary/aromatic N) is 3. The number of carbonyl (C=O) groups excluding carboxylic acids is 2. The van der Waals surface area contributed by atoms with Gasteiger partial charge in [-0.05, 0) is 24.3 Å². The Morgan fingerprint density at radius 2 is 1.50 bits per heavy atom. The van der Waals surface area contributed by atoms with E-state index in [-0.39, 0.29) is 11.4 Å². The molecule has 0 aliphatic heterocycles. The number of aromatic amines is 1. The molecule has 0 saturated carbocycles. The number of hydrogen-bond donors (Lipinski definition) is 3. The lowest BCUT2D eigenvalue weighted by molar-refractivity contribution is 0.0840. The zero-order valence-electron chi connectivity index (χ0n) is 15.6. The van der Waals surface area contributed by atoms with Gasteiger partial charge in [-0.15, -0.1) is 5.10 Å². The zero-order valence-corrected chi connectivity index (χ0v) is 15.6. The van der Waals surface area contributed by atoms with Crippen molar-refractivity contribution in [3.8, 4) is 17.1 Å². The molecule has 3 N–H and O–H groups in total. The predicted molar refractivity (Wildman–Crippen MR) is 109 cm³/mol. The molecule has 0 aliphatic carbocycles. The lowest BCUT2D eigenvalue weighted by Gasteiger charge is -2.05. The van der Waals surface area contributed by atoms with Crippen LogP contribution >= 0.6 is 0 Å². The largest absolute Gasteiger partial charge is 0.328 e. The Hall–Kier alpha value is -4.53. The van der Waals surface area contributed by atoms with Gasteiger partial charge in [0.25, 0.3) is 11.5 Å². The van der Waals surface area contributed by atoms with Crippen LogP contribution in [0.15, 0.2) is 83.8 Å². The maximum absolute atomic E-state index is 12.5. The van der Waals surface area contributed by atoms with Gasteiger partial charge in [0.1, 0.15) is 5.56 Å². The first kappa shape index (κ1) is 18.8. The molecule has 0 fully saturated rings.